The first-order chi connectivity index (χ1) is 13.4. The fraction of sp³-hybridized carbons (Fsp3) is 0.471. The van der Waals surface area contributed by atoms with Gasteiger partial charge in [0, 0.05) is 38.1 Å². The lowest BCUT2D eigenvalue weighted by Crippen LogP contribution is -2.53. The summed E-state index contributed by atoms with van der Waals surface area (Å²) < 4.78 is 43.1. The topological polar surface area (TPSA) is 74.0 Å². The van der Waals surface area contributed by atoms with Gasteiger partial charge in [-0.25, -0.2) is 9.98 Å². The summed E-state index contributed by atoms with van der Waals surface area (Å²) in [5, 5.41) is 4.44. The molecule has 3 heterocycles. The third kappa shape index (κ3) is 4.83. The number of nitrogens with zero attached hydrogens (tertiary/aromatic N) is 4. The lowest BCUT2D eigenvalue weighted by Gasteiger charge is -2.36. The molecule has 28 heavy (non-hydrogen) atoms. The Kier molecular flexibility index (Phi) is 6.22. The second-order valence-electron chi connectivity index (χ2n) is 6.05. The average molecular weight is 415 g/mol. The molecule has 1 saturated heterocycles. The van der Waals surface area contributed by atoms with Gasteiger partial charge >= 0.3 is 6.18 Å². The molecule has 3 rings (SSSR count). The number of nitrogens with one attached hydrogen (secondary N) is 1. The van der Waals surface area contributed by atoms with Crippen molar-refractivity contribution in [2.24, 2.45) is 4.99 Å². The Bertz CT molecular complexity index is 811. The molecule has 0 spiro atoms. The Hall–Kier alpha value is -2.56. The number of aliphatic imine (C=N–C) groups is 1. The molecule has 11 heteroatoms. The van der Waals surface area contributed by atoms with E-state index in [1.807, 2.05) is 11.8 Å². The molecule has 152 valence electrons. The predicted octanol–water partition coefficient (Wildman–Crippen LogP) is 2.68. The van der Waals surface area contributed by atoms with Crippen molar-refractivity contribution >= 4 is 23.2 Å². The van der Waals surface area contributed by atoms with E-state index in [0.717, 1.165) is 16.7 Å². The van der Waals surface area contributed by atoms with E-state index in [1.165, 1.54) is 6.26 Å². The Morgan fingerprint density at radius 1 is 1.32 bits per heavy atom. The maximum Gasteiger partial charge on any atom is 0.434 e. The van der Waals surface area contributed by atoms with Crippen LogP contribution >= 0.6 is 11.3 Å². The zero-order valence-electron chi connectivity index (χ0n) is 15.2. The molecule has 1 amide bonds. The number of aromatic nitrogens is 1. The van der Waals surface area contributed by atoms with Gasteiger partial charge in [0.15, 0.2) is 17.4 Å². The van der Waals surface area contributed by atoms with Crippen LogP contribution in [0.4, 0.5) is 13.2 Å². The first-order valence-electron chi connectivity index (χ1n) is 8.76. The number of carbonyl (C=O) groups excluding carboxylic acids is 1. The lowest BCUT2D eigenvalue weighted by atomic mass is 10.3. The number of piperazine rings is 1. The van der Waals surface area contributed by atoms with Crippen molar-refractivity contribution in [1.29, 1.82) is 0 Å². The Labute approximate surface area is 163 Å². The monoisotopic (exact) mass is 415 g/mol. The fourth-order valence-corrected chi connectivity index (χ4v) is 3.48. The van der Waals surface area contributed by atoms with Gasteiger partial charge in [0.2, 0.25) is 0 Å². The number of thiazole rings is 1. The van der Waals surface area contributed by atoms with E-state index in [0.29, 0.717) is 49.5 Å². The number of alkyl halides is 3. The minimum Gasteiger partial charge on any atom is -0.459 e. The highest BCUT2D eigenvalue weighted by molar-refractivity contribution is 7.09. The Morgan fingerprint density at radius 3 is 2.61 bits per heavy atom. The van der Waals surface area contributed by atoms with Crippen LogP contribution in [0.3, 0.4) is 0 Å². The van der Waals surface area contributed by atoms with E-state index in [1.54, 1.807) is 17.0 Å². The number of rotatable bonds is 4. The molecule has 0 atom stereocenters. The summed E-state index contributed by atoms with van der Waals surface area (Å²) in [4.78, 5) is 24.0. The molecule has 1 N–H and O–H groups in total. The number of hydrogen-bond acceptors (Lipinski definition) is 5. The molecular formula is C17H20F3N5O2S. The molecule has 0 unspecified atom stereocenters. The molecule has 2 aromatic rings. The molecule has 7 nitrogen and oxygen atoms in total. The smallest absolute Gasteiger partial charge is 0.434 e. The van der Waals surface area contributed by atoms with Crippen molar-refractivity contribution in [3.8, 4) is 0 Å². The molecule has 0 saturated carbocycles. The van der Waals surface area contributed by atoms with Crippen LogP contribution in [0.5, 0.6) is 0 Å². The van der Waals surface area contributed by atoms with E-state index in [4.69, 9.17) is 4.42 Å². The largest absolute Gasteiger partial charge is 0.459 e. The highest BCUT2D eigenvalue weighted by Gasteiger charge is 2.33. The van der Waals surface area contributed by atoms with Crippen molar-refractivity contribution in [2.75, 3.05) is 32.7 Å². The fourth-order valence-electron chi connectivity index (χ4n) is 2.76. The van der Waals surface area contributed by atoms with Crippen LogP contribution in [0, 0.1) is 0 Å². The highest BCUT2D eigenvalue weighted by Crippen LogP contribution is 2.30. The standard InChI is InChI=1S/C17H20F3N5O2S/c1-2-21-16(22-10-14-23-13(11-28-14)17(18,19)20)25-7-5-24(6-8-25)15(26)12-4-3-9-27-12/h3-4,9,11H,2,5-8,10H2,1H3,(H,21,22). The molecule has 0 bridgehead atoms. The van der Waals surface area contributed by atoms with Gasteiger partial charge in [-0.3, -0.25) is 4.79 Å². The van der Waals surface area contributed by atoms with E-state index < -0.39 is 11.9 Å². The second-order valence-corrected chi connectivity index (χ2v) is 6.99. The summed E-state index contributed by atoms with van der Waals surface area (Å²) in [6, 6.07) is 3.30. The van der Waals surface area contributed by atoms with Gasteiger partial charge in [0.05, 0.1) is 12.8 Å². The number of halogens is 3. The normalized spacial score (nSPS) is 15.8. The summed E-state index contributed by atoms with van der Waals surface area (Å²) in [7, 11) is 0. The van der Waals surface area contributed by atoms with Crippen molar-refractivity contribution in [3.05, 3.63) is 40.2 Å². The molecular weight excluding hydrogens is 395 g/mol. The number of furan rings is 1. The van der Waals surface area contributed by atoms with Crippen LogP contribution in [-0.4, -0.2) is 59.4 Å². The SMILES string of the molecule is CCNC(=NCc1nc(C(F)(F)F)cs1)N1CCN(C(=O)c2ccco2)CC1. The van der Waals surface area contributed by atoms with Crippen molar-refractivity contribution in [2.45, 2.75) is 19.6 Å². The van der Waals surface area contributed by atoms with Gasteiger partial charge in [-0.15, -0.1) is 11.3 Å². The maximum absolute atomic E-state index is 12.7. The molecule has 0 radical (unpaired) electrons. The van der Waals surface area contributed by atoms with Crippen molar-refractivity contribution < 1.29 is 22.4 Å². The number of amides is 1. The van der Waals surface area contributed by atoms with Crippen LogP contribution in [0.2, 0.25) is 0 Å². The highest BCUT2D eigenvalue weighted by atomic mass is 32.1. The van der Waals surface area contributed by atoms with Gasteiger partial charge in [-0.1, -0.05) is 0 Å². The van der Waals surface area contributed by atoms with Crippen LogP contribution in [0.25, 0.3) is 0 Å². The van der Waals surface area contributed by atoms with E-state index in [9.17, 15) is 18.0 Å². The summed E-state index contributed by atoms with van der Waals surface area (Å²) in [6.45, 7) is 4.72. The first kappa shape index (κ1) is 20.2. The third-order valence-electron chi connectivity index (χ3n) is 4.14. The molecule has 0 aromatic carbocycles. The number of hydrogen-bond donors (Lipinski definition) is 1. The van der Waals surface area contributed by atoms with Crippen LogP contribution < -0.4 is 5.32 Å². The summed E-state index contributed by atoms with van der Waals surface area (Å²) in [6.07, 6.45) is -2.98. The number of guanidine groups is 1. The third-order valence-corrected chi connectivity index (χ3v) is 4.97. The molecule has 1 fully saturated rings. The molecule has 0 aliphatic carbocycles. The zero-order chi connectivity index (χ0) is 20.1. The first-order valence-corrected chi connectivity index (χ1v) is 9.64. The Balaban J connectivity index is 1.60. The lowest BCUT2D eigenvalue weighted by molar-refractivity contribution is -0.140. The van der Waals surface area contributed by atoms with Gasteiger partial charge in [0.25, 0.3) is 5.91 Å². The molecule has 1 aliphatic rings. The van der Waals surface area contributed by atoms with Gasteiger partial charge in [-0.2, -0.15) is 13.2 Å². The summed E-state index contributed by atoms with van der Waals surface area (Å²) >= 11 is 0.938. The number of carbonyl (C=O) groups is 1. The van der Waals surface area contributed by atoms with Gasteiger partial charge in [-0.05, 0) is 19.1 Å². The predicted molar refractivity (Wildman–Crippen MR) is 98.1 cm³/mol. The molecule has 1 aliphatic heterocycles. The zero-order valence-corrected chi connectivity index (χ0v) is 16.0. The van der Waals surface area contributed by atoms with Crippen molar-refractivity contribution in [3.63, 3.8) is 0 Å². The Morgan fingerprint density at radius 2 is 2.04 bits per heavy atom. The van der Waals surface area contributed by atoms with E-state index >= 15 is 0 Å². The van der Waals surface area contributed by atoms with Crippen molar-refractivity contribution in [1.82, 2.24) is 20.1 Å². The average Bonchev–Trinajstić information content (AvgIpc) is 3.36. The van der Waals surface area contributed by atoms with Crippen LogP contribution in [-0.2, 0) is 12.7 Å². The van der Waals surface area contributed by atoms with E-state index in [-0.39, 0.29) is 12.5 Å². The maximum atomic E-state index is 12.7. The second kappa shape index (κ2) is 8.63. The minimum absolute atomic E-state index is 0.0641. The molecule has 2 aromatic heterocycles. The van der Waals surface area contributed by atoms with E-state index in [2.05, 4.69) is 15.3 Å². The van der Waals surface area contributed by atoms with Crippen LogP contribution in [0.15, 0.2) is 33.2 Å². The van der Waals surface area contributed by atoms with Crippen LogP contribution in [0.1, 0.15) is 28.2 Å². The summed E-state index contributed by atoms with van der Waals surface area (Å²) in [5.41, 5.74) is -0.891. The quantitative estimate of drug-likeness (QED) is 0.614. The van der Waals surface area contributed by atoms with Gasteiger partial charge < -0.3 is 19.5 Å². The minimum atomic E-state index is -4.44. The summed E-state index contributed by atoms with van der Waals surface area (Å²) in [5.74, 6) is 0.740. The van der Waals surface area contributed by atoms with Gasteiger partial charge in [0.1, 0.15) is 5.01 Å².